The summed E-state index contributed by atoms with van der Waals surface area (Å²) in [6, 6.07) is 2.85. The van der Waals surface area contributed by atoms with Crippen LogP contribution in [0.2, 0.25) is 0 Å². The fourth-order valence-corrected chi connectivity index (χ4v) is 2.95. The van der Waals surface area contributed by atoms with Gasteiger partial charge in [0.1, 0.15) is 0 Å². The average Bonchev–Trinajstić information content (AvgIpc) is 2.73. The van der Waals surface area contributed by atoms with E-state index in [9.17, 15) is 16.8 Å². The summed E-state index contributed by atoms with van der Waals surface area (Å²) < 4.78 is 80.2. The van der Waals surface area contributed by atoms with Crippen LogP contribution < -0.4 is 5.73 Å². The number of fused-ring (bicyclic) bond motifs is 1. The molecule has 21 heavy (non-hydrogen) atoms. The Morgan fingerprint density at radius 1 is 1.14 bits per heavy atom. The molecule has 4 N–H and O–H groups in total. The van der Waals surface area contributed by atoms with Gasteiger partial charge in [0, 0.05) is 16.8 Å². The van der Waals surface area contributed by atoms with Crippen molar-refractivity contribution >= 4 is 36.9 Å². The second kappa shape index (κ2) is 6.25. The quantitative estimate of drug-likeness (QED) is 0.290. The minimum atomic E-state index is -4.61. The maximum absolute atomic E-state index is 11.7. The van der Waals surface area contributed by atoms with Crippen molar-refractivity contribution in [1.29, 1.82) is 0 Å². The number of nitrogens with two attached hydrogens (primary N) is 1. The Balaban J connectivity index is 0.000000491. The molecule has 2 aliphatic carbocycles. The molecule has 0 heterocycles. The molecule has 2 rings (SSSR count). The van der Waals surface area contributed by atoms with E-state index in [1.165, 1.54) is 12.1 Å². The van der Waals surface area contributed by atoms with Gasteiger partial charge in [-0.3, -0.25) is 9.11 Å². The van der Waals surface area contributed by atoms with Crippen LogP contribution in [0.1, 0.15) is 0 Å². The zero-order valence-electron chi connectivity index (χ0n) is 10.2. The Bertz CT molecular complexity index is 792. The smallest absolute Gasteiger partial charge is 0.397 e. The maximum atomic E-state index is 11.7. The summed E-state index contributed by atoms with van der Waals surface area (Å²) in [5, 5.41) is 0. The predicted molar refractivity (Wildman–Crippen MR) is 72.3 cm³/mol. The van der Waals surface area contributed by atoms with Gasteiger partial charge in [0.15, 0.2) is 9.84 Å². The van der Waals surface area contributed by atoms with Crippen molar-refractivity contribution in [3.05, 3.63) is 12.1 Å². The molecular weight excluding hydrogens is 350 g/mol. The van der Waals surface area contributed by atoms with E-state index in [4.69, 9.17) is 23.3 Å². The van der Waals surface area contributed by atoms with Gasteiger partial charge in [0.05, 0.1) is 17.3 Å². The third kappa shape index (κ3) is 5.56. The number of sulfone groups is 1. The van der Waals surface area contributed by atoms with E-state index in [0.717, 1.165) is 0 Å². The molecule has 0 saturated heterocycles. The average molecular weight is 361 g/mol. The summed E-state index contributed by atoms with van der Waals surface area (Å²) >= 11 is 0. The summed E-state index contributed by atoms with van der Waals surface area (Å²) in [5.41, 5.74) is 7.47. The highest BCUT2D eigenvalue weighted by Gasteiger charge is 2.28. The number of hydrogen-bond donors (Lipinski definition) is 4. The van der Waals surface area contributed by atoms with E-state index < -0.39 is 43.6 Å². The van der Waals surface area contributed by atoms with Gasteiger partial charge in [0.25, 0.3) is 11.0 Å². The Morgan fingerprint density at radius 3 is 1.95 bits per heavy atom. The van der Waals surface area contributed by atoms with Gasteiger partial charge in [-0.05, 0) is 12.1 Å². The number of nitrogen functional groups attached to an aromatic ring is 1. The van der Waals surface area contributed by atoms with Crippen LogP contribution in [-0.4, -0.2) is 46.7 Å². The molecule has 0 aromatic rings. The first-order valence-corrected chi connectivity index (χ1v) is 9.20. The van der Waals surface area contributed by atoms with Crippen molar-refractivity contribution in [3.8, 4) is 11.1 Å². The van der Waals surface area contributed by atoms with E-state index in [1.54, 1.807) is 0 Å². The lowest BCUT2D eigenvalue weighted by Crippen LogP contribution is -2.15. The van der Waals surface area contributed by atoms with Crippen molar-refractivity contribution in [3.63, 3.8) is 0 Å². The molecule has 10 nitrogen and oxygen atoms in total. The first-order chi connectivity index (χ1) is 9.44. The van der Waals surface area contributed by atoms with E-state index in [2.05, 4.69) is 4.18 Å². The van der Waals surface area contributed by atoms with E-state index in [1.807, 2.05) is 0 Å². The van der Waals surface area contributed by atoms with Gasteiger partial charge in [-0.25, -0.2) is 21.0 Å². The summed E-state index contributed by atoms with van der Waals surface area (Å²) in [5.74, 6) is -0.532. The molecule has 0 aliphatic heterocycles. The van der Waals surface area contributed by atoms with Crippen LogP contribution in [0.15, 0.2) is 17.0 Å². The summed E-state index contributed by atoms with van der Waals surface area (Å²) in [7, 11) is -11.3. The van der Waals surface area contributed by atoms with Gasteiger partial charge in [-0.1, -0.05) is 0 Å². The first kappa shape index (κ1) is 17.8. The fourth-order valence-electron chi connectivity index (χ4n) is 1.42. The molecule has 0 atom stereocenters. The van der Waals surface area contributed by atoms with Gasteiger partial charge in [-0.15, -0.1) is 0 Å². The molecule has 0 bridgehead atoms. The molecule has 0 saturated carbocycles. The lowest BCUT2D eigenvalue weighted by Gasteiger charge is -2.01. The number of hydrogen-bond acceptors (Lipinski definition) is 8. The largest absolute Gasteiger partial charge is 0.398 e. The monoisotopic (exact) mass is 361 g/mol. The van der Waals surface area contributed by atoms with E-state index in [-0.39, 0.29) is 4.90 Å². The summed E-state index contributed by atoms with van der Waals surface area (Å²) in [6.07, 6.45) is 0. The minimum absolute atomic E-state index is 0.0793. The Labute approximate surface area is 122 Å². The predicted octanol–water partition coefficient (Wildman–Crippen LogP) is -1.09. The Morgan fingerprint density at radius 2 is 1.57 bits per heavy atom. The molecule has 2 aliphatic rings. The van der Waals surface area contributed by atoms with Crippen LogP contribution in [0, 0.1) is 0 Å². The third-order valence-corrected chi connectivity index (χ3v) is 4.45. The number of rotatable bonds is 5. The Hall–Kier alpha value is -1.25. The molecule has 0 unspecified atom stereocenters. The van der Waals surface area contributed by atoms with Crippen LogP contribution in [0.3, 0.4) is 0 Å². The van der Waals surface area contributed by atoms with Gasteiger partial charge in [-0.2, -0.15) is 8.42 Å². The molecule has 13 heteroatoms. The normalized spacial score (nSPS) is 12.7. The highest BCUT2D eigenvalue weighted by Crippen LogP contribution is 2.48. The minimum Gasteiger partial charge on any atom is -0.398 e. The standard InChI is InChI=1S/C8H9NO6S2.H2O3S/c9-8-6-3-5(4-7(6)8)16(10,11)2-1-15-17(12,13)14;1-4(2)3/h3-4H,1-2,9H2,(H,12,13,14);4H,(H,1,2,3). The molecule has 0 aromatic carbocycles. The van der Waals surface area contributed by atoms with Crippen LogP contribution >= 0.6 is 0 Å². The van der Waals surface area contributed by atoms with Gasteiger partial charge in [0.2, 0.25) is 0 Å². The van der Waals surface area contributed by atoms with Crippen LogP contribution in [-0.2, 0) is 35.4 Å². The second-order valence-electron chi connectivity index (χ2n) is 3.74. The van der Waals surface area contributed by atoms with Crippen LogP contribution in [0.5, 0.6) is 0 Å². The van der Waals surface area contributed by atoms with Crippen molar-refractivity contribution < 1.29 is 38.5 Å². The molecule has 0 spiro atoms. The molecule has 0 aromatic heterocycles. The molecular formula is C8H11NO9S3. The number of benzene rings is 1. The van der Waals surface area contributed by atoms with Crippen molar-refractivity contribution in [1.82, 2.24) is 0 Å². The Kier molecular flexibility index (Phi) is 5.30. The van der Waals surface area contributed by atoms with E-state index in [0.29, 0.717) is 16.8 Å². The molecule has 0 fully saturated rings. The maximum Gasteiger partial charge on any atom is 0.397 e. The van der Waals surface area contributed by atoms with Crippen LogP contribution in [0.4, 0.5) is 5.69 Å². The van der Waals surface area contributed by atoms with Crippen molar-refractivity contribution in [2.45, 2.75) is 4.90 Å². The van der Waals surface area contributed by atoms with Gasteiger partial charge < -0.3 is 5.73 Å². The lowest BCUT2D eigenvalue weighted by molar-refractivity contribution is 0.284. The zero-order valence-corrected chi connectivity index (χ0v) is 12.7. The fraction of sp³-hybridized carbons (Fsp3) is 0.250. The molecule has 120 valence electrons. The van der Waals surface area contributed by atoms with E-state index >= 15 is 0 Å². The van der Waals surface area contributed by atoms with Crippen molar-refractivity contribution in [2.75, 3.05) is 18.1 Å². The highest BCUT2D eigenvalue weighted by molar-refractivity contribution is 7.91. The van der Waals surface area contributed by atoms with Gasteiger partial charge >= 0.3 is 10.4 Å². The highest BCUT2D eigenvalue weighted by atomic mass is 32.3. The summed E-state index contributed by atoms with van der Waals surface area (Å²) in [4.78, 5) is 0.0793. The third-order valence-electron chi connectivity index (χ3n) is 2.32. The summed E-state index contributed by atoms with van der Waals surface area (Å²) in [6.45, 7) is -0.629. The topological polar surface area (TPSA) is 178 Å². The zero-order chi connectivity index (χ0) is 16.4. The molecule has 0 radical (unpaired) electrons. The first-order valence-electron chi connectivity index (χ1n) is 5.06. The number of thiol groups is 1. The number of anilines is 1. The molecule has 0 amide bonds. The van der Waals surface area contributed by atoms with Crippen LogP contribution in [0.25, 0.3) is 11.1 Å². The van der Waals surface area contributed by atoms with Crippen molar-refractivity contribution in [2.24, 2.45) is 0 Å². The second-order valence-corrected chi connectivity index (χ2v) is 7.41. The SMILES string of the molecule is Nc1c2cc(S(=O)(=O)CCOS(=O)(=O)O)cc1-2.O=[SH](=O)O. The lowest BCUT2D eigenvalue weighted by atomic mass is 10.6.